The Morgan fingerprint density at radius 3 is 2.47 bits per heavy atom. The quantitative estimate of drug-likeness (QED) is 0.827. The van der Waals surface area contributed by atoms with Crippen molar-refractivity contribution in [1.82, 2.24) is 0 Å². The van der Waals surface area contributed by atoms with Crippen molar-refractivity contribution in [2.24, 2.45) is 5.73 Å². The highest BCUT2D eigenvalue weighted by Gasteiger charge is 2.18. The van der Waals surface area contributed by atoms with E-state index in [0.717, 1.165) is 29.9 Å². The van der Waals surface area contributed by atoms with Crippen molar-refractivity contribution < 1.29 is 9.47 Å². The Labute approximate surface area is 104 Å². The molecule has 17 heavy (non-hydrogen) atoms. The lowest BCUT2D eigenvalue weighted by atomic mass is 9.90. The number of benzene rings is 1. The molecule has 0 amide bonds. The van der Waals surface area contributed by atoms with Crippen LogP contribution in [0.5, 0.6) is 11.5 Å². The van der Waals surface area contributed by atoms with Gasteiger partial charge in [-0.3, -0.25) is 0 Å². The molecule has 2 N–H and O–H groups in total. The lowest BCUT2D eigenvalue weighted by Crippen LogP contribution is -2.26. The molecule has 1 aromatic carbocycles. The van der Waals surface area contributed by atoms with E-state index in [1.54, 1.807) is 14.2 Å². The number of hydrogen-bond acceptors (Lipinski definition) is 3. The molecule has 0 aliphatic heterocycles. The van der Waals surface area contributed by atoms with Gasteiger partial charge in [-0.05, 0) is 24.0 Å². The van der Waals surface area contributed by atoms with Gasteiger partial charge in [0.25, 0.3) is 0 Å². The van der Waals surface area contributed by atoms with E-state index in [0.29, 0.717) is 0 Å². The summed E-state index contributed by atoms with van der Waals surface area (Å²) in [6.45, 7) is 4.29. The molecule has 2 unspecified atom stereocenters. The lowest BCUT2D eigenvalue weighted by molar-refractivity contribution is 0.385. The van der Waals surface area contributed by atoms with Crippen molar-refractivity contribution in [1.29, 1.82) is 0 Å². The van der Waals surface area contributed by atoms with E-state index < -0.39 is 0 Å². The SMILES string of the molecule is CCCC(N)C(C)c1ccc(OC)cc1OC. The summed E-state index contributed by atoms with van der Waals surface area (Å²) in [5.41, 5.74) is 7.31. The molecule has 2 atom stereocenters. The third-order valence-corrected chi connectivity index (χ3v) is 3.20. The van der Waals surface area contributed by atoms with E-state index >= 15 is 0 Å². The predicted octanol–water partition coefficient (Wildman–Crippen LogP) is 2.93. The zero-order chi connectivity index (χ0) is 12.8. The topological polar surface area (TPSA) is 44.5 Å². The number of ether oxygens (including phenoxy) is 2. The molecule has 3 nitrogen and oxygen atoms in total. The Balaban J connectivity index is 2.96. The maximum atomic E-state index is 6.17. The summed E-state index contributed by atoms with van der Waals surface area (Å²) in [7, 11) is 3.33. The minimum absolute atomic E-state index is 0.169. The molecule has 0 aromatic heterocycles. The van der Waals surface area contributed by atoms with Crippen LogP contribution >= 0.6 is 0 Å². The second kappa shape index (κ2) is 6.50. The van der Waals surface area contributed by atoms with E-state index in [-0.39, 0.29) is 12.0 Å². The number of methoxy groups -OCH3 is 2. The summed E-state index contributed by atoms with van der Waals surface area (Å²) in [5.74, 6) is 1.95. The van der Waals surface area contributed by atoms with Crippen LogP contribution in [-0.4, -0.2) is 20.3 Å². The van der Waals surface area contributed by atoms with E-state index in [9.17, 15) is 0 Å². The van der Waals surface area contributed by atoms with E-state index in [1.165, 1.54) is 0 Å². The van der Waals surface area contributed by atoms with Crippen LogP contribution in [0.25, 0.3) is 0 Å². The first-order valence-corrected chi connectivity index (χ1v) is 6.11. The number of rotatable bonds is 6. The molecule has 0 radical (unpaired) electrons. The predicted molar refractivity (Wildman–Crippen MR) is 70.8 cm³/mol. The molecule has 0 fully saturated rings. The van der Waals surface area contributed by atoms with Crippen molar-refractivity contribution in [3.05, 3.63) is 23.8 Å². The number of nitrogens with two attached hydrogens (primary N) is 1. The first kappa shape index (κ1) is 13.8. The summed E-state index contributed by atoms with van der Waals surface area (Å²) in [6.07, 6.45) is 2.13. The van der Waals surface area contributed by atoms with Gasteiger partial charge < -0.3 is 15.2 Å². The second-order valence-corrected chi connectivity index (χ2v) is 4.35. The Morgan fingerprint density at radius 1 is 1.24 bits per heavy atom. The average Bonchev–Trinajstić information content (AvgIpc) is 2.37. The van der Waals surface area contributed by atoms with Crippen molar-refractivity contribution in [2.45, 2.75) is 38.6 Å². The van der Waals surface area contributed by atoms with Crippen LogP contribution in [-0.2, 0) is 0 Å². The van der Waals surface area contributed by atoms with Gasteiger partial charge in [0.1, 0.15) is 11.5 Å². The van der Waals surface area contributed by atoms with Gasteiger partial charge in [0.15, 0.2) is 0 Å². The van der Waals surface area contributed by atoms with Gasteiger partial charge in [0, 0.05) is 12.1 Å². The van der Waals surface area contributed by atoms with Crippen LogP contribution in [0.4, 0.5) is 0 Å². The van der Waals surface area contributed by atoms with E-state index in [4.69, 9.17) is 15.2 Å². The summed E-state index contributed by atoms with van der Waals surface area (Å²) in [6, 6.07) is 6.07. The second-order valence-electron chi connectivity index (χ2n) is 4.35. The van der Waals surface area contributed by atoms with Gasteiger partial charge in [0.2, 0.25) is 0 Å². The fourth-order valence-corrected chi connectivity index (χ4v) is 2.01. The molecule has 3 heteroatoms. The van der Waals surface area contributed by atoms with Crippen LogP contribution in [0.3, 0.4) is 0 Å². The van der Waals surface area contributed by atoms with Gasteiger partial charge in [-0.25, -0.2) is 0 Å². The average molecular weight is 237 g/mol. The van der Waals surface area contributed by atoms with Crippen molar-refractivity contribution in [3.63, 3.8) is 0 Å². The summed E-state index contributed by atoms with van der Waals surface area (Å²) in [4.78, 5) is 0. The Hall–Kier alpha value is -1.22. The van der Waals surface area contributed by atoms with E-state index in [2.05, 4.69) is 13.8 Å². The Morgan fingerprint density at radius 2 is 1.94 bits per heavy atom. The Bertz CT molecular complexity index is 352. The molecule has 96 valence electrons. The molecular formula is C14H23NO2. The molecule has 0 bridgehead atoms. The van der Waals surface area contributed by atoms with Gasteiger partial charge >= 0.3 is 0 Å². The third kappa shape index (κ3) is 3.37. The van der Waals surface area contributed by atoms with Crippen molar-refractivity contribution in [3.8, 4) is 11.5 Å². The van der Waals surface area contributed by atoms with Gasteiger partial charge in [0.05, 0.1) is 14.2 Å². The highest BCUT2D eigenvalue weighted by Crippen LogP contribution is 2.32. The molecule has 1 rings (SSSR count). The zero-order valence-electron chi connectivity index (χ0n) is 11.2. The fraction of sp³-hybridized carbons (Fsp3) is 0.571. The smallest absolute Gasteiger partial charge is 0.126 e. The number of hydrogen-bond donors (Lipinski definition) is 1. The highest BCUT2D eigenvalue weighted by molar-refractivity contribution is 5.43. The minimum Gasteiger partial charge on any atom is -0.497 e. The largest absolute Gasteiger partial charge is 0.497 e. The standard InChI is InChI=1S/C14H23NO2/c1-5-6-13(15)10(2)12-8-7-11(16-3)9-14(12)17-4/h7-10,13H,5-6,15H2,1-4H3. The molecule has 0 saturated heterocycles. The maximum Gasteiger partial charge on any atom is 0.126 e. The lowest BCUT2D eigenvalue weighted by Gasteiger charge is -2.22. The van der Waals surface area contributed by atoms with E-state index in [1.807, 2.05) is 18.2 Å². The molecule has 0 heterocycles. The van der Waals surface area contributed by atoms with Gasteiger partial charge in [-0.15, -0.1) is 0 Å². The van der Waals surface area contributed by atoms with Crippen LogP contribution in [0.2, 0.25) is 0 Å². The molecule has 0 spiro atoms. The highest BCUT2D eigenvalue weighted by atomic mass is 16.5. The van der Waals surface area contributed by atoms with Crippen molar-refractivity contribution in [2.75, 3.05) is 14.2 Å². The fourth-order valence-electron chi connectivity index (χ4n) is 2.01. The first-order valence-electron chi connectivity index (χ1n) is 6.11. The molecule has 0 aliphatic carbocycles. The molecular weight excluding hydrogens is 214 g/mol. The zero-order valence-corrected chi connectivity index (χ0v) is 11.2. The monoisotopic (exact) mass is 237 g/mol. The summed E-state index contributed by atoms with van der Waals surface area (Å²) in [5, 5.41) is 0. The molecule has 0 saturated carbocycles. The maximum absolute atomic E-state index is 6.17. The molecule has 0 aliphatic rings. The van der Waals surface area contributed by atoms with Crippen LogP contribution in [0.1, 0.15) is 38.2 Å². The van der Waals surface area contributed by atoms with Crippen LogP contribution < -0.4 is 15.2 Å². The van der Waals surface area contributed by atoms with Crippen LogP contribution in [0.15, 0.2) is 18.2 Å². The van der Waals surface area contributed by atoms with Crippen LogP contribution in [0, 0.1) is 0 Å². The summed E-state index contributed by atoms with van der Waals surface area (Å²) >= 11 is 0. The Kier molecular flexibility index (Phi) is 5.29. The third-order valence-electron chi connectivity index (χ3n) is 3.20. The molecule has 1 aromatic rings. The van der Waals surface area contributed by atoms with Gasteiger partial charge in [-0.2, -0.15) is 0 Å². The normalized spacial score (nSPS) is 14.2. The first-order chi connectivity index (χ1) is 8.13. The minimum atomic E-state index is 0.169. The summed E-state index contributed by atoms with van der Waals surface area (Å²) < 4.78 is 10.6. The van der Waals surface area contributed by atoms with Crippen molar-refractivity contribution >= 4 is 0 Å². The van der Waals surface area contributed by atoms with Gasteiger partial charge in [-0.1, -0.05) is 26.3 Å².